The highest BCUT2D eigenvalue weighted by Crippen LogP contribution is 2.27. The maximum atomic E-state index is 12.4. The second kappa shape index (κ2) is 8.63. The molecule has 0 spiro atoms. The van der Waals surface area contributed by atoms with E-state index in [1.807, 2.05) is 27.7 Å². The van der Waals surface area contributed by atoms with Crippen molar-refractivity contribution in [1.82, 2.24) is 4.90 Å². The first kappa shape index (κ1) is 19.9. The Bertz CT molecular complexity index is 622. The van der Waals surface area contributed by atoms with Crippen LogP contribution in [0.15, 0.2) is 18.2 Å². The summed E-state index contributed by atoms with van der Waals surface area (Å²) in [6, 6.07) is 3.85. The fourth-order valence-corrected chi connectivity index (χ4v) is 2.37. The molecule has 0 radical (unpaired) electrons. The lowest BCUT2D eigenvalue weighted by molar-refractivity contribution is -0.384. The zero-order valence-electron chi connectivity index (χ0n) is 14.2. The molecule has 1 N–H and O–H groups in total. The van der Waals surface area contributed by atoms with Gasteiger partial charge in [0.05, 0.1) is 4.92 Å². The van der Waals surface area contributed by atoms with Gasteiger partial charge in [-0.15, -0.1) is 0 Å². The summed E-state index contributed by atoms with van der Waals surface area (Å²) in [5.41, 5.74) is -0.179. The molecule has 1 rings (SSSR count). The lowest BCUT2D eigenvalue weighted by atomic mass is 10.1. The monoisotopic (exact) mass is 355 g/mol. The van der Waals surface area contributed by atoms with Crippen LogP contribution in [0.3, 0.4) is 0 Å². The molecule has 8 heteroatoms. The lowest BCUT2D eigenvalue weighted by Gasteiger charge is -2.25. The molecule has 0 aliphatic rings. The zero-order chi connectivity index (χ0) is 18.4. The summed E-state index contributed by atoms with van der Waals surface area (Å²) in [7, 11) is 0. The molecule has 0 bridgehead atoms. The molecular weight excluding hydrogens is 334 g/mol. The van der Waals surface area contributed by atoms with Crippen molar-refractivity contribution in [2.45, 2.75) is 27.7 Å². The van der Waals surface area contributed by atoms with Crippen LogP contribution in [0.25, 0.3) is 0 Å². The Kier molecular flexibility index (Phi) is 7.16. The van der Waals surface area contributed by atoms with E-state index in [4.69, 9.17) is 11.6 Å². The van der Waals surface area contributed by atoms with E-state index in [9.17, 15) is 19.7 Å². The Morgan fingerprint density at radius 3 is 2.21 bits per heavy atom. The maximum Gasteiger partial charge on any atom is 0.313 e. The minimum atomic E-state index is -0.826. The molecule has 0 fully saturated rings. The average molecular weight is 356 g/mol. The third-order valence-electron chi connectivity index (χ3n) is 3.05. The smallest absolute Gasteiger partial charge is 0.313 e. The van der Waals surface area contributed by atoms with Crippen molar-refractivity contribution in [3.05, 3.63) is 33.3 Å². The van der Waals surface area contributed by atoms with E-state index in [0.717, 1.165) is 6.07 Å². The first-order valence-electron chi connectivity index (χ1n) is 7.66. The number of amides is 2. The Morgan fingerprint density at radius 1 is 1.21 bits per heavy atom. The maximum absolute atomic E-state index is 12.4. The number of nitrogens with one attached hydrogen (secondary N) is 1. The number of carbonyl (C=O) groups excluding carboxylic acids is 2. The summed E-state index contributed by atoms with van der Waals surface area (Å²) in [6.07, 6.45) is 0. The number of hydrogen-bond acceptors (Lipinski definition) is 4. The molecule has 0 heterocycles. The number of nitro groups is 1. The number of anilines is 1. The van der Waals surface area contributed by atoms with Crippen molar-refractivity contribution in [3.63, 3.8) is 0 Å². The number of hydrogen-bond donors (Lipinski definition) is 1. The Labute approximate surface area is 146 Å². The Morgan fingerprint density at radius 2 is 1.75 bits per heavy atom. The highest BCUT2D eigenvalue weighted by atomic mass is 35.5. The molecule has 24 heavy (non-hydrogen) atoms. The minimum Gasteiger partial charge on any atom is -0.334 e. The van der Waals surface area contributed by atoms with Crippen LogP contribution in [0.2, 0.25) is 5.02 Å². The summed E-state index contributed by atoms with van der Waals surface area (Å²) < 4.78 is 0. The van der Waals surface area contributed by atoms with Gasteiger partial charge < -0.3 is 10.2 Å². The second-order valence-electron chi connectivity index (χ2n) is 6.38. The fraction of sp³-hybridized carbons (Fsp3) is 0.500. The van der Waals surface area contributed by atoms with Crippen molar-refractivity contribution in [2.75, 3.05) is 18.4 Å². The molecule has 0 saturated heterocycles. The quantitative estimate of drug-likeness (QED) is 0.481. The van der Waals surface area contributed by atoms with Gasteiger partial charge in [-0.25, -0.2) is 0 Å². The zero-order valence-corrected chi connectivity index (χ0v) is 15.0. The van der Waals surface area contributed by atoms with Crippen LogP contribution in [0.4, 0.5) is 11.4 Å². The summed E-state index contributed by atoms with van der Waals surface area (Å²) in [6.45, 7) is 8.76. The normalized spacial score (nSPS) is 10.8. The highest BCUT2D eigenvalue weighted by Gasteiger charge is 2.24. The average Bonchev–Trinajstić information content (AvgIpc) is 2.46. The van der Waals surface area contributed by atoms with Gasteiger partial charge >= 0.3 is 11.8 Å². The van der Waals surface area contributed by atoms with E-state index in [-0.39, 0.29) is 28.2 Å². The fourth-order valence-electron chi connectivity index (χ4n) is 2.18. The van der Waals surface area contributed by atoms with Crippen LogP contribution in [0.1, 0.15) is 27.7 Å². The van der Waals surface area contributed by atoms with Gasteiger partial charge in [-0.2, -0.15) is 0 Å². The minimum absolute atomic E-state index is 0.0365. The van der Waals surface area contributed by atoms with E-state index in [2.05, 4.69) is 5.32 Å². The first-order valence-corrected chi connectivity index (χ1v) is 8.03. The number of nitrogens with zero attached hydrogens (tertiary/aromatic N) is 2. The van der Waals surface area contributed by atoms with Crippen LogP contribution in [-0.4, -0.2) is 34.7 Å². The SMILES string of the molecule is CC(C)CN(CC(C)C)C(=O)C(=O)Nc1ccc(Cl)c([N+](=O)[O-])c1. The van der Waals surface area contributed by atoms with Crippen molar-refractivity contribution in [2.24, 2.45) is 11.8 Å². The van der Waals surface area contributed by atoms with E-state index in [1.165, 1.54) is 17.0 Å². The van der Waals surface area contributed by atoms with E-state index in [0.29, 0.717) is 13.1 Å². The molecule has 1 aromatic rings. The van der Waals surface area contributed by atoms with Crippen molar-refractivity contribution >= 4 is 34.8 Å². The molecule has 0 aliphatic heterocycles. The standard InChI is InChI=1S/C16H22ClN3O4/c1-10(2)8-19(9-11(3)4)16(22)15(21)18-12-5-6-13(17)14(7-12)20(23)24/h5-7,10-11H,8-9H2,1-4H3,(H,18,21). The van der Waals surface area contributed by atoms with Crippen molar-refractivity contribution in [1.29, 1.82) is 0 Å². The van der Waals surface area contributed by atoms with Crippen molar-refractivity contribution < 1.29 is 14.5 Å². The van der Waals surface area contributed by atoms with Crippen LogP contribution in [0.5, 0.6) is 0 Å². The van der Waals surface area contributed by atoms with E-state index in [1.54, 1.807) is 0 Å². The number of halogens is 1. The Balaban J connectivity index is 2.90. The molecule has 0 aliphatic carbocycles. The van der Waals surface area contributed by atoms with Gasteiger partial charge in [-0.1, -0.05) is 39.3 Å². The molecule has 7 nitrogen and oxygen atoms in total. The second-order valence-corrected chi connectivity index (χ2v) is 6.78. The largest absolute Gasteiger partial charge is 0.334 e. The summed E-state index contributed by atoms with van der Waals surface area (Å²) in [5.74, 6) is -1.04. The molecule has 1 aromatic carbocycles. The van der Waals surface area contributed by atoms with Gasteiger partial charge in [0.2, 0.25) is 0 Å². The molecule has 132 valence electrons. The topological polar surface area (TPSA) is 92.6 Å². The van der Waals surface area contributed by atoms with Crippen molar-refractivity contribution in [3.8, 4) is 0 Å². The predicted molar refractivity (Wildman–Crippen MR) is 93.0 cm³/mol. The number of carbonyl (C=O) groups is 2. The number of benzene rings is 1. The van der Waals surface area contributed by atoms with Crippen LogP contribution >= 0.6 is 11.6 Å². The van der Waals surface area contributed by atoms with Crippen LogP contribution in [0, 0.1) is 22.0 Å². The van der Waals surface area contributed by atoms with Crippen LogP contribution < -0.4 is 5.32 Å². The van der Waals surface area contributed by atoms with Gasteiger partial charge in [0.1, 0.15) is 5.02 Å². The third-order valence-corrected chi connectivity index (χ3v) is 3.37. The third kappa shape index (κ3) is 5.81. The summed E-state index contributed by atoms with van der Waals surface area (Å²) in [4.78, 5) is 36.3. The molecular formula is C16H22ClN3O4. The Hall–Kier alpha value is -2.15. The first-order chi connectivity index (χ1) is 11.1. The van der Waals surface area contributed by atoms with E-state index < -0.39 is 16.7 Å². The number of rotatable bonds is 6. The van der Waals surface area contributed by atoms with Gasteiger partial charge in [0.15, 0.2) is 0 Å². The molecule has 2 amide bonds. The lowest BCUT2D eigenvalue weighted by Crippen LogP contribution is -2.43. The molecule has 0 saturated carbocycles. The highest BCUT2D eigenvalue weighted by molar-refractivity contribution is 6.39. The van der Waals surface area contributed by atoms with Gasteiger partial charge in [0, 0.05) is 24.8 Å². The molecule has 0 unspecified atom stereocenters. The van der Waals surface area contributed by atoms with Gasteiger partial charge in [-0.3, -0.25) is 19.7 Å². The summed E-state index contributed by atoms with van der Waals surface area (Å²) in [5, 5.41) is 13.2. The predicted octanol–water partition coefficient (Wildman–Crippen LogP) is 3.33. The van der Waals surface area contributed by atoms with E-state index >= 15 is 0 Å². The van der Waals surface area contributed by atoms with Gasteiger partial charge in [-0.05, 0) is 24.0 Å². The molecule has 0 atom stereocenters. The van der Waals surface area contributed by atoms with Crippen LogP contribution in [-0.2, 0) is 9.59 Å². The van der Waals surface area contributed by atoms with Gasteiger partial charge in [0.25, 0.3) is 5.69 Å². The molecule has 0 aromatic heterocycles. The number of nitro benzene ring substituents is 1. The summed E-state index contributed by atoms with van der Waals surface area (Å²) >= 11 is 5.73.